The molecule has 0 saturated carbocycles. The van der Waals surface area contributed by atoms with E-state index in [1.165, 1.54) is 25.7 Å². The smallest absolute Gasteiger partial charge is 0.183 e. The van der Waals surface area contributed by atoms with Crippen molar-refractivity contribution in [1.29, 1.82) is 0 Å². The van der Waals surface area contributed by atoms with Crippen LogP contribution in [0, 0.1) is 0 Å². The molecule has 1 aromatic heterocycles. The van der Waals surface area contributed by atoms with Gasteiger partial charge in [0, 0.05) is 18.5 Å². The first-order valence-electron chi connectivity index (χ1n) is 8.40. The van der Waals surface area contributed by atoms with Gasteiger partial charge < -0.3 is 4.90 Å². The molecule has 2 N–H and O–H groups in total. The fourth-order valence-corrected chi connectivity index (χ4v) is 3.16. The first kappa shape index (κ1) is 16.1. The summed E-state index contributed by atoms with van der Waals surface area (Å²) in [5, 5.41) is 1.95. The number of rotatable bonds is 3. The van der Waals surface area contributed by atoms with Crippen molar-refractivity contribution < 1.29 is 0 Å². The number of para-hydroxylation sites is 1. The van der Waals surface area contributed by atoms with Crippen LogP contribution < -0.4 is 10.9 Å². The fraction of sp³-hybridized carbons (Fsp3) is 0.444. The lowest BCUT2D eigenvalue weighted by molar-refractivity contribution is 0.407. The van der Waals surface area contributed by atoms with E-state index < -0.39 is 0 Å². The highest BCUT2D eigenvalue weighted by molar-refractivity contribution is 7.80. The van der Waals surface area contributed by atoms with Crippen LogP contribution >= 0.6 is 12.2 Å². The quantitative estimate of drug-likeness (QED) is 0.666. The normalized spacial score (nSPS) is 16.8. The van der Waals surface area contributed by atoms with Crippen molar-refractivity contribution in [3.05, 3.63) is 42.1 Å². The zero-order valence-corrected chi connectivity index (χ0v) is 14.4. The molecule has 122 valence electrons. The molecule has 2 aromatic rings. The molecular weight excluding hydrogens is 304 g/mol. The number of nitrogens with one attached hydrogen (secondary N) is 2. The van der Waals surface area contributed by atoms with Crippen molar-refractivity contribution in [2.24, 2.45) is 0 Å². The molecule has 0 aliphatic carbocycles. The van der Waals surface area contributed by atoms with E-state index in [1.54, 1.807) is 0 Å². The number of hydrogen-bond donors (Lipinski definition) is 2. The van der Waals surface area contributed by atoms with Gasteiger partial charge in [0.15, 0.2) is 5.11 Å². The Kier molecular flexibility index (Phi) is 5.41. The van der Waals surface area contributed by atoms with Crippen LogP contribution in [0.1, 0.15) is 44.3 Å². The monoisotopic (exact) mass is 328 g/mol. The highest BCUT2D eigenvalue weighted by Crippen LogP contribution is 2.16. The van der Waals surface area contributed by atoms with E-state index in [1.807, 2.05) is 18.2 Å². The lowest BCUT2D eigenvalue weighted by Gasteiger charge is -2.25. The summed E-state index contributed by atoms with van der Waals surface area (Å²) in [6.45, 7) is 4.20. The van der Waals surface area contributed by atoms with Gasteiger partial charge in [0.05, 0.1) is 17.3 Å². The second-order valence-corrected chi connectivity index (χ2v) is 6.51. The number of thiocarbonyl (C=S) groups is 1. The molecule has 3 rings (SSSR count). The number of hydrogen-bond acceptors (Lipinski definition) is 3. The average molecular weight is 328 g/mol. The summed E-state index contributed by atoms with van der Waals surface area (Å²) in [5.41, 5.74) is 8.51. The Morgan fingerprint density at radius 1 is 1.09 bits per heavy atom. The van der Waals surface area contributed by atoms with E-state index in [4.69, 9.17) is 17.2 Å². The van der Waals surface area contributed by atoms with Gasteiger partial charge >= 0.3 is 0 Å². The summed E-state index contributed by atoms with van der Waals surface area (Å²) in [4.78, 5) is 6.98. The molecule has 1 fully saturated rings. The van der Waals surface area contributed by atoms with Crippen LogP contribution in [0.3, 0.4) is 0 Å². The fourth-order valence-electron chi connectivity index (χ4n) is 2.92. The topological polar surface area (TPSA) is 40.2 Å². The third kappa shape index (κ3) is 4.18. The largest absolute Gasteiger partial charge is 0.348 e. The van der Waals surface area contributed by atoms with Crippen molar-refractivity contribution in [2.45, 2.75) is 38.6 Å². The Bertz CT molecular complexity index is 665. The van der Waals surface area contributed by atoms with Crippen LogP contribution in [-0.2, 0) is 0 Å². The van der Waals surface area contributed by atoms with Crippen LogP contribution in [-0.4, -0.2) is 28.1 Å². The van der Waals surface area contributed by atoms with Crippen LogP contribution in [0.5, 0.6) is 0 Å². The molecule has 1 atom stereocenters. The first-order chi connectivity index (χ1) is 11.2. The summed E-state index contributed by atoms with van der Waals surface area (Å²) in [7, 11) is 0. The van der Waals surface area contributed by atoms with Crippen LogP contribution in [0.25, 0.3) is 10.9 Å². The van der Waals surface area contributed by atoms with Crippen LogP contribution in [0.2, 0.25) is 0 Å². The van der Waals surface area contributed by atoms with Gasteiger partial charge in [0.25, 0.3) is 0 Å². The molecule has 23 heavy (non-hydrogen) atoms. The third-order valence-corrected chi connectivity index (χ3v) is 4.71. The van der Waals surface area contributed by atoms with Gasteiger partial charge in [-0.2, -0.15) is 0 Å². The lowest BCUT2D eigenvalue weighted by Crippen LogP contribution is -2.47. The Morgan fingerprint density at radius 2 is 1.83 bits per heavy atom. The molecule has 1 aromatic carbocycles. The maximum atomic E-state index is 5.51. The molecule has 1 aliphatic rings. The number of aromatic nitrogens is 1. The molecule has 0 amide bonds. The second kappa shape index (κ2) is 7.70. The lowest BCUT2D eigenvalue weighted by atomic mass is 10.1. The van der Waals surface area contributed by atoms with E-state index in [-0.39, 0.29) is 6.04 Å². The Labute approximate surface area is 143 Å². The number of hydrazine groups is 1. The van der Waals surface area contributed by atoms with Crippen molar-refractivity contribution >= 4 is 28.2 Å². The molecule has 0 unspecified atom stereocenters. The van der Waals surface area contributed by atoms with E-state index in [2.05, 4.69) is 40.9 Å². The van der Waals surface area contributed by atoms with Gasteiger partial charge in [-0.05, 0) is 44.1 Å². The number of likely N-dealkylation sites (tertiary alicyclic amines) is 1. The summed E-state index contributed by atoms with van der Waals surface area (Å²) in [5.74, 6) is 0. The minimum absolute atomic E-state index is 0.0875. The Morgan fingerprint density at radius 3 is 2.61 bits per heavy atom. The predicted octanol–water partition coefficient (Wildman–Crippen LogP) is 3.55. The summed E-state index contributed by atoms with van der Waals surface area (Å²) >= 11 is 5.51. The van der Waals surface area contributed by atoms with E-state index >= 15 is 0 Å². The maximum Gasteiger partial charge on any atom is 0.183 e. The molecule has 1 saturated heterocycles. The van der Waals surface area contributed by atoms with Crippen molar-refractivity contribution in [1.82, 2.24) is 20.7 Å². The highest BCUT2D eigenvalue weighted by atomic mass is 32.1. The first-order valence-corrected chi connectivity index (χ1v) is 8.81. The highest BCUT2D eigenvalue weighted by Gasteiger charge is 2.13. The number of nitrogens with zero attached hydrogens (tertiary/aromatic N) is 2. The van der Waals surface area contributed by atoms with Crippen LogP contribution in [0.4, 0.5) is 0 Å². The summed E-state index contributed by atoms with van der Waals surface area (Å²) in [6.07, 6.45) is 5.07. The molecule has 2 heterocycles. The average Bonchev–Trinajstić information content (AvgIpc) is 2.88. The number of benzene rings is 1. The molecule has 5 heteroatoms. The van der Waals surface area contributed by atoms with Gasteiger partial charge in [-0.3, -0.25) is 10.4 Å². The van der Waals surface area contributed by atoms with Crippen molar-refractivity contribution in [2.75, 3.05) is 13.1 Å². The van der Waals surface area contributed by atoms with Gasteiger partial charge in [-0.15, -0.1) is 0 Å². The van der Waals surface area contributed by atoms with Gasteiger partial charge in [-0.1, -0.05) is 37.1 Å². The standard InChI is InChI=1S/C18H24N4S/c1-14(16-11-10-15-8-4-5-9-17(15)19-16)20-21-18(23)22-12-6-2-3-7-13-22/h4-5,8-11,14,20H,2-3,6-7,12-13H2,1H3,(H,21,23)/t14-/m1/s1. The SMILES string of the molecule is C[C@@H](NNC(=S)N1CCCCCC1)c1ccc2ccccc2n1. The number of pyridine rings is 1. The van der Waals surface area contributed by atoms with E-state index in [0.29, 0.717) is 0 Å². The predicted molar refractivity (Wildman–Crippen MR) is 99.1 cm³/mol. The third-order valence-electron chi connectivity index (χ3n) is 4.35. The van der Waals surface area contributed by atoms with E-state index in [0.717, 1.165) is 34.8 Å². The van der Waals surface area contributed by atoms with Gasteiger partial charge in [0.2, 0.25) is 0 Å². The maximum absolute atomic E-state index is 5.51. The Balaban J connectivity index is 1.59. The molecule has 0 bridgehead atoms. The summed E-state index contributed by atoms with van der Waals surface area (Å²) < 4.78 is 0. The zero-order chi connectivity index (χ0) is 16.1. The van der Waals surface area contributed by atoms with Crippen molar-refractivity contribution in [3.8, 4) is 0 Å². The molecule has 0 spiro atoms. The van der Waals surface area contributed by atoms with Crippen molar-refractivity contribution in [3.63, 3.8) is 0 Å². The minimum atomic E-state index is 0.0875. The zero-order valence-electron chi connectivity index (χ0n) is 13.6. The molecular formula is C18H24N4S. The Hall–Kier alpha value is -1.72. The van der Waals surface area contributed by atoms with Gasteiger partial charge in [-0.25, -0.2) is 5.43 Å². The molecule has 0 radical (unpaired) electrons. The van der Waals surface area contributed by atoms with E-state index in [9.17, 15) is 0 Å². The molecule has 1 aliphatic heterocycles. The summed E-state index contributed by atoms with van der Waals surface area (Å²) in [6, 6.07) is 12.4. The van der Waals surface area contributed by atoms with Crippen LogP contribution in [0.15, 0.2) is 36.4 Å². The van der Waals surface area contributed by atoms with Gasteiger partial charge in [0.1, 0.15) is 0 Å². The number of fused-ring (bicyclic) bond motifs is 1. The molecule has 4 nitrogen and oxygen atoms in total. The minimum Gasteiger partial charge on any atom is -0.348 e. The second-order valence-electron chi connectivity index (χ2n) is 6.13.